The molecule has 7 heteroatoms. The molecule has 2 nitrogen and oxygen atoms in total. The molecule has 2 aromatic rings. The van der Waals surface area contributed by atoms with E-state index < -0.39 is 11.7 Å². The molecule has 0 radical (unpaired) electrons. The molecule has 0 saturated heterocycles. The first kappa shape index (κ1) is 16.3. The minimum Gasteiger partial charge on any atom is -0.487 e. The summed E-state index contributed by atoms with van der Waals surface area (Å²) in [5, 5.41) is 0. The maximum atomic E-state index is 13.1. The molecular formula is C14H13BrF3NOS. The fourth-order valence-electron chi connectivity index (χ4n) is 1.82. The average molecular weight is 380 g/mol. The molecule has 2 rings (SSSR count). The highest BCUT2D eigenvalue weighted by Gasteiger charge is 2.34. The van der Waals surface area contributed by atoms with Crippen molar-refractivity contribution in [1.29, 1.82) is 0 Å². The molecular weight excluding hydrogens is 367 g/mol. The molecule has 0 atom stereocenters. The number of nitrogens with two attached hydrogens (primary N) is 1. The van der Waals surface area contributed by atoms with E-state index in [1.54, 1.807) is 6.07 Å². The minimum absolute atomic E-state index is 0.107. The molecule has 114 valence electrons. The lowest BCUT2D eigenvalue weighted by Crippen LogP contribution is -2.10. The van der Waals surface area contributed by atoms with Crippen molar-refractivity contribution in [2.75, 3.05) is 6.54 Å². The summed E-state index contributed by atoms with van der Waals surface area (Å²) in [6.07, 6.45) is -4.04. The van der Waals surface area contributed by atoms with Gasteiger partial charge in [-0.2, -0.15) is 13.2 Å². The Morgan fingerprint density at radius 2 is 1.95 bits per heavy atom. The topological polar surface area (TPSA) is 35.2 Å². The second-order valence-electron chi connectivity index (χ2n) is 4.36. The van der Waals surface area contributed by atoms with Crippen LogP contribution >= 0.6 is 27.3 Å². The summed E-state index contributed by atoms with van der Waals surface area (Å²) in [7, 11) is 0. The highest BCUT2D eigenvalue weighted by Crippen LogP contribution is 2.37. The molecule has 0 aliphatic heterocycles. The summed E-state index contributed by atoms with van der Waals surface area (Å²) in [5.41, 5.74) is 5.17. The molecule has 0 aliphatic carbocycles. The number of thiophene rings is 1. The van der Waals surface area contributed by atoms with E-state index in [9.17, 15) is 13.2 Å². The van der Waals surface area contributed by atoms with Gasteiger partial charge in [0.2, 0.25) is 0 Å². The quantitative estimate of drug-likeness (QED) is 0.822. The third kappa shape index (κ3) is 4.46. The molecule has 0 saturated carbocycles. The SMILES string of the molecule is NCCc1ccc(OCc2ccc(Br)s2)c(C(F)(F)F)c1. The lowest BCUT2D eigenvalue weighted by Gasteiger charge is -2.15. The molecule has 0 spiro atoms. The first-order valence-corrected chi connectivity index (χ1v) is 7.78. The number of ether oxygens (including phenoxy) is 1. The van der Waals surface area contributed by atoms with Crippen LogP contribution in [0.5, 0.6) is 5.75 Å². The monoisotopic (exact) mass is 379 g/mol. The summed E-state index contributed by atoms with van der Waals surface area (Å²) in [5.74, 6) is -0.159. The first-order chi connectivity index (χ1) is 9.90. The van der Waals surface area contributed by atoms with Gasteiger partial charge in [0, 0.05) is 4.88 Å². The Morgan fingerprint density at radius 3 is 2.52 bits per heavy atom. The number of alkyl halides is 3. The highest BCUT2D eigenvalue weighted by atomic mass is 79.9. The van der Waals surface area contributed by atoms with E-state index in [4.69, 9.17) is 10.5 Å². The Kier molecular flexibility index (Phi) is 5.29. The Labute approximate surface area is 132 Å². The van der Waals surface area contributed by atoms with E-state index in [1.165, 1.54) is 17.4 Å². The van der Waals surface area contributed by atoms with E-state index >= 15 is 0 Å². The smallest absolute Gasteiger partial charge is 0.419 e. The zero-order chi connectivity index (χ0) is 15.5. The van der Waals surface area contributed by atoms with Crippen molar-refractivity contribution in [2.45, 2.75) is 19.2 Å². The predicted octanol–water partition coefficient (Wildman–Crippen LogP) is 4.61. The van der Waals surface area contributed by atoms with Crippen LogP contribution in [0, 0.1) is 0 Å². The molecule has 0 fully saturated rings. The van der Waals surface area contributed by atoms with Gasteiger partial charge in [0.05, 0.1) is 9.35 Å². The molecule has 0 amide bonds. The third-order valence-electron chi connectivity index (χ3n) is 2.78. The number of hydrogen-bond acceptors (Lipinski definition) is 3. The second kappa shape index (κ2) is 6.81. The third-order valence-corrected chi connectivity index (χ3v) is 4.38. The Bertz CT molecular complexity index is 613. The first-order valence-electron chi connectivity index (χ1n) is 6.17. The Morgan fingerprint density at radius 1 is 1.19 bits per heavy atom. The van der Waals surface area contributed by atoms with E-state index in [-0.39, 0.29) is 12.4 Å². The fraction of sp³-hybridized carbons (Fsp3) is 0.286. The van der Waals surface area contributed by atoms with E-state index in [0.717, 1.165) is 14.7 Å². The number of rotatable bonds is 5. The van der Waals surface area contributed by atoms with Gasteiger partial charge in [0.25, 0.3) is 0 Å². The molecule has 1 aromatic carbocycles. The molecule has 0 aliphatic rings. The van der Waals surface area contributed by atoms with E-state index in [2.05, 4.69) is 15.9 Å². The Hall–Kier alpha value is -1.05. The Balaban J connectivity index is 2.21. The maximum absolute atomic E-state index is 13.1. The van der Waals surface area contributed by atoms with Crippen LogP contribution in [-0.4, -0.2) is 6.54 Å². The lowest BCUT2D eigenvalue weighted by atomic mass is 10.1. The van der Waals surface area contributed by atoms with Gasteiger partial charge >= 0.3 is 6.18 Å². The van der Waals surface area contributed by atoms with Crippen molar-refractivity contribution in [2.24, 2.45) is 5.73 Å². The maximum Gasteiger partial charge on any atom is 0.419 e. The van der Waals surface area contributed by atoms with Crippen LogP contribution in [0.25, 0.3) is 0 Å². The van der Waals surface area contributed by atoms with Crippen molar-refractivity contribution >= 4 is 27.3 Å². The van der Waals surface area contributed by atoms with Gasteiger partial charge in [0.1, 0.15) is 12.4 Å². The summed E-state index contributed by atoms with van der Waals surface area (Å²) in [6.45, 7) is 0.413. The van der Waals surface area contributed by atoms with Gasteiger partial charge in [-0.3, -0.25) is 0 Å². The minimum atomic E-state index is -4.45. The normalized spacial score (nSPS) is 11.7. The highest BCUT2D eigenvalue weighted by molar-refractivity contribution is 9.11. The summed E-state index contributed by atoms with van der Waals surface area (Å²) >= 11 is 4.73. The molecule has 0 bridgehead atoms. The average Bonchev–Trinajstić information content (AvgIpc) is 2.82. The number of hydrogen-bond donors (Lipinski definition) is 1. The zero-order valence-electron chi connectivity index (χ0n) is 10.9. The molecule has 2 N–H and O–H groups in total. The van der Waals surface area contributed by atoms with Crippen molar-refractivity contribution in [3.05, 3.63) is 50.1 Å². The van der Waals surface area contributed by atoms with Crippen molar-refractivity contribution < 1.29 is 17.9 Å². The summed E-state index contributed by atoms with van der Waals surface area (Å²) in [6, 6.07) is 7.72. The van der Waals surface area contributed by atoms with E-state index in [1.807, 2.05) is 12.1 Å². The van der Waals surface area contributed by atoms with Crippen LogP contribution in [0.15, 0.2) is 34.1 Å². The van der Waals surface area contributed by atoms with Gasteiger partial charge in [0.15, 0.2) is 0 Å². The van der Waals surface area contributed by atoms with Gasteiger partial charge < -0.3 is 10.5 Å². The van der Waals surface area contributed by atoms with Crippen LogP contribution in [0.4, 0.5) is 13.2 Å². The number of halogens is 4. The molecule has 1 heterocycles. The van der Waals surface area contributed by atoms with Crippen molar-refractivity contribution in [3.63, 3.8) is 0 Å². The van der Waals surface area contributed by atoms with Gasteiger partial charge in [-0.1, -0.05) is 6.07 Å². The van der Waals surface area contributed by atoms with Gasteiger partial charge in [-0.15, -0.1) is 11.3 Å². The van der Waals surface area contributed by atoms with Gasteiger partial charge in [-0.25, -0.2) is 0 Å². The molecule has 21 heavy (non-hydrogen) atoms. The van der Waals surface area contributed by atoms with Crippen LogP contribution in [0.2, 0.25) is 0 Å². The molecule has 1 aromatic heterocycles. The number of benzene rings is 1. The molecule has 0 unspecified atom stereocenters. The van der Waals surface area contributed by atoms with Crippen LogP contribution in [0.3, 0.4) is 0 Å². The van der Waals surface area contributed by atoms with Crippen LogP contribution in [-0.2, 0) is 19.2 Å². The van der Waals surface area contributed by atoms with Gasteiger partial charge in [-0.05, 0) is 58.7 Å². The van der Waals surface area contributed by atoms with E-state index in [0.29, 0.717) is 18.5 Å². The largest absolute Gasteiger partial charge is 0.487 e. The standard InChI is InChI=1S/C14H13BrF3NOS/c15-13-4-2-10(21-13)8-20-12-3-1-9(5-6-19)7-11(12)14(16,17)18/h1-4,7H,5-6,8,19H2. The second-order valence-corrected chi connectivity index (χ2v) is 6.91. The summed E-state index contributed by atoms with van der Waals surface area (Å²) < 4.78 is 45.5. The van der Waals surface area contributed by atoms with Crippen LogP contribution in [0.1, 0.15) is 16.0 Å². The summed E-state index contributed by atoms with van der Waals surface area (Å²) in [4.78, 5) is 0.848. The van der Waals surface area contributed by atoms with Crippen molar-refractivity contribution in [3.8, 4) is 5.75 Å². The van der Waals surface area contributed by atoms with Crippen molar-refractivity contribution in [1.82, 2.24) is 0 Å². The lowest BCUT2D eigenvalue weighted by molar-refractivity contribution is -0.139. The van der Waals surface area contributed by atoms with Crippen LogP contribution < -0.4 is 10.5 Å². The predicted molar refractivity (Wildman–Crippen MR) is 80.6 cm³/mol. The zero-order valence-corrected chi connectivity index (χ0v) is 13.3. The fourth-order valence-corrected chi connectivity index (χ4v) is 3.22.